The van der Waals surface area contributed by atoms with E-state index >= 15 is 0 Å². The van der Waals surface area contributed by atoms with Gasteiger partial charge < -0.3 is 15.4 Å². The summed E-state index contributed by atoms with van der Waals surface area (Å²) in [6.45, 7) is 9.76. The Kier molecular flexibility index (Phi) is 8.64. The first-order chi connectivity index (χ1) is 20.1. The van der Waals surface area contributed by atoms with Crippen molar-refractivity contribution in [3.63, 3.8) is 0 Å². The van der Waals surface area contributed by atoms with Crippen LogP contribution < -0.4 is 10.6 Å². The quantitative estimate of drug-likeness (QED) is 0.268. The topological polar surface area (TPSA) is 96.5 Å². The average Bonchev–Trinajstić information content (AvgIpc) is 3.39. The van der Waals surface area contributed by atoms with Crippen molar-refractivity contribution in [2.45, 2.75) is 52.3 Å². The third kappa shape index (κ3) is 7.79. The normalized spacial score (nSPS) is 15.3. The van der Waals surface area contributed by atoms with E-state index in [2.05, 4.69) is 31.6 Å². The number of aromatic nitrogens is 2. The zero-order valence-electron chi connectivity index (χ0n) is 24.6. The molecule has 2 N–H and O–H groups in total. The number of amides is 2. The van der Waals surface area contributed by atoms with Gasteiger partial charge in [0.05, 0.1) is 0 Å². The molecule has 0 bridgehead atoms. The van der Waals surface area contributed by atoms with Gasteiger partial charge in [-0.1, -0.05) is 36.4 Å². The molecule has 1 fully saturated rings. The largest absolute Gasteiger partial charge is 0.444 e. The summed E-state index contributed by atoms with van der Waals surface area (Å²) in [5.41, 5.74) is 6.36. The first-order valence-corrected chi connectivity index (χ1v) is 14.2. The number of rotatable bonds is 7. The van der Waals surface area contributed by atoms with Crippen molar-refractivity contribution in [1.82, 2.24) is 20.2 Å². The molecule has 216 valence electrons. The number of carbonyl (C=O) groups excluding carboxylic acids is 2. The molecular formula is C34H37N5O3. The Morgan fingerprint density at radius 1 is 0.929 bits per heavy atom. The molecule has 4 aromatic rings. The van der Waals surface area contributed by atoms with E-state index in [1.807, 2.05) is 94.6 Å². The molecule has 0 spiro atoms. The van der Waals surface area contributed by atoms with Crippen LogP contribution in [0.5, 0.6) is 0 Å². The summed E-state index contributed by atoms with van der Waals surface area (Å²) in [4.78, 5) is 36.7. The fraction of sp³-hybridized carbons (Fsp3) is 0.294. The van der Waals surface area contributed by atoms with E-state index in [0.717, 1.165) is 46.5 Å². The van der Waals surface area contributed by atoms with Gasteiger partial charge in [-0.05, 0) is 92.8 Å². The number of likely N-dealkylation sites (tertiary alicyclic amines) is 1. The minimum atomic E-state index is -0.535. The molecule has 2 aromatic carbocycles. The van der Waals surface area contributed by atoms with Crippen LogP contribution in [0.2, 0.25) is 0 Å². The van der Waals surface area contributed by atoms with Crippen molar-refractivity contribution in [3.05, 3.63) is 102 Å². The predicted molar refractivity (Wildman–Crippen MR) is 165 cm³/mol. The Labute approximate surface area is 247 Å². The van der Waals surface area contributed by atoms with Crippen molar-refractivity contribution in [2.24, 2.45) is 0 Å². The molecular weight excluding hydrogens is 526 g/mol. The highest BCUT2D eigenvalue weighted by Gasteiger charge is 2.26. The number of ether oxygens (including phenoxy) is 1. The number of carbonyl (C=O) groups is 2. The summed E-state index contributed by atoms with van der Waals surface area (Å²) in [6.07, 6.45) is 3.96. The van der Waals surface area contributed by atoms with Gasteiger partial charge in [-0.2, -0.15) is 0 Å². The maximum atomic E-state index is 13.3. The number of hydrogen-bond donors (Lipinski definition) is 2. The molecule has 1 atom stereocenters. The smallest absolute Gasteiger partial charge is 0.407 e. The van der Waals surface area contributed by atoms with Crippen LogP contribution in [-0.4, -0.2) is 51.6 Å². The summed E-state index contributed by atoms with van der Waals surface area (Å²) >= 11 is 0. The minimum absolute atomic E-state index is 0.0199. The zero-order valence-corrected chi connectivity index (χ0v) is 24.6. The van der Waals surface area contributed by atoms with E-state index in [4.69, 9.17) is 4.74 Å². The number of alkyl carbamates (subject to hydrolysis) is 1. The van der Waals surface area contributed by atoms with Crippen LogP contribution in [0, 0.1) is 6.92 Å². The number of nitrogens with one attached hydrogen (secondary N) is 2. The molecule has 42 heavy (non-hydrogen) atoms. The fourth-order valence-electron chi connectivity index (χ4n) is 5.05. The highest BCUT2D eigenvalue weighted by Crippen LogP contribution is 2.27. The third-order valence-corrected chi connectivity index (χ3v) is 6.99. The Bertz CT molecular complexity index is 1550. The van der Waals surface area contributed by atoms with E-state index in [1.54, 1.807) is 12.3 Å². The second-order valence-corrected chi connectivity index (χ2v) is 11.7. The van der Waals surface area contributed by atoms with Crippen LogP contribution in [-0.2, 0) is 11.3 Å². The molecule has 8 heteroatoms. The van der Waals surface area contributed by atoms with Crippen LogP contribution in [0.4, 0.5) is 10.5 Å². The second-order valence-electron chi connectivity index (χ2n) is 11.7. The highest BCUT2D eigenvalue weighted by atomic mass is 16.6. The SMILES string of the molecule is Cc1ccc(-c2cc(CN3CC[C@H](NC(=O)OC(C)(C)C)C3)cc(NC(=O)c3cc(-c4ccccc4)ccn3)c2)cn1. The lowest BCUT2D eigenvalue weighted by Gasteiger charge is -2.22. The van der Waals surface area contributed by atoms with E-state index < -0.39 is 11.7 Å². The lowest BCUT2D eigenvalue weighted by molar-refractivity contribution is 0.0505. The van der Waals surface area contributed by atoms with E-state index in [0.29, 0.717) is 24.5 Å². The number of pyridine rings is 2. The number of hydrogen-bond acceptors (Lipinski definition) is 6. The first-order valence-electron chi connectivity index (χ1n) is 14.2. The van der Waals surface area contributed by atoms with Gasteiger partial charge >= 0.3 is 6.09 Å². The van der Waals surface area contributed by atoms with Gasteiger partial charge in [-0.15, -0.1) is 0 Å². The van der Waals surface area contributed by atoms with Crippen LogP contribution in [0.1, 0.15) is 48.9 Å². The maximum absolute atomic E-state index is 13.3. The molecule has 1 aliphatic heterocycles. The molecule has 2 aromatic heterocycles. The van der Waals surface area contributed by atoms with Gasteiger partial charge in [0.1, 0.15) is 11.3 Å². The monoisotopic (exact) mass is 563 g/mol. The third-order valence-electron chi connectivity index (χ3n) is 6.99. The Morgan fingerprint density at radius 3 is 2.48 bits per heavy atom. The van der Waals surface area contributed by atoms with Gasteiger partial charge in [0, 0.05) is 55.0 Å². The molecule has 0 aliphatic carbocycles. The van der Waals surface area contributed by atoms with Crippen molar-refractivity contribution in [1.29, 1.82) is 0 Å². The molecule has 1 saturated heterocycles. The van der Waals surface area contributed by atoms with Gasteiger partial charge in [-0.3, -0.25) is 19.7 Å². The van der Waals surface area contributed by atoms with Gasteiger partial charge in [0.2, 0.25) is 0 Å². The average molecular weight is 564 g/mol. The molecule has 1 aliphatic rings. The number of aryl methyl sites for hydroxylation is 1. The second kappa shape index (κ2) is 12.5. The molecule has 2 amide bonds. The lowest BCUT2D eigenvalue weighted by Crippen LogP contribution is -2.40. The maximum Gasteiger partial charge on any atom is 0.407 e. The lowest BCUT2D eigenvalue weighted by atomic mass is 10.0. The Balaban J connectivity index is 1.34. The summed E-state index contributed by atoms with van der Waals surface area (Å²) in [5.74, 6) is -0.277. The number of anilines is 1. The van der Waals surface area contributed by atoms with E-state index in [-0.39, 0.29) is 11.9 Å². The summed E-state index contributed by atoms with van der Waals surface area (Å²) in [5, 5.41) is 6.06. The minimum Gasteiger partial charge on any atom is -0.444 e. The number of benzene rings is 2. The van der Waals surface area contributed by atoms with E-state index in [1.165, 1.54) is 0 Å². The van der Waals surface area contributed by atoms with Crippen LogP contribution >= 0.6 is 0 Å². The molecule has 3 heterocycles. The van der Waals surface area contributed by atoms with Gasteiger partial charge in [-0.25, -0.2) is 4.79 Å². The predicted octanol–water partition coefficient (Wildman–Crippen LogP) is 6.47. The zero-order chi connectivity index (χ0) is 29.7. The standard InChI is InChI=1S/C34H37N5O3/c1-23-10-11-27(20-36-23)28-16-24(21-39-15-13-29(22-39)38-33(41)42-34(2,3)4)17-30(18-28)37-32(40)31-19-26(12-14-35-31)25-8-6-5-7-9-25/h5-12,14,16-20,29H,13,15,21-22H2,1-4H3,(H,37,40)(H,38,41)/t29-/m0/s1. The van der Waals surface area contributed by atoms with Crippen LogP contribution in [0.15, 0.2) is 85.2 Å². The van der Waals surface area contributed by atoms with E-state index in [9.17, 15) is 9.59 Å². The Morgan fingerprint density at radius 2 is 1.74 bits per heavy atom. The fourth-order valence-corrected chi connectivity index (χ4v) is 5.05. The summed E-state index contributed by atoms with van der Waals surface area (Å²) < 4.78 is 5.43. The molecule has 8 nitrogen and oxygen atoms in total. The highest BCUT2D eigenvalue weighted by molar-refractivity contribution is 6.03. The Hall–Kier alpha value is -4.56. The molecule has 0 saturated carbocycles. The first kappa shape index (κ1) is 29.0. The van der Waals surface area contributed by atoms with Gasteiger partial charge in [0.15, 0.2) is 0 Å². The van der Waals surface area contributed by atoms with Crippen molar-refractivity contribution >= 4 is 17.7 Å². The molecule has 0 unspecified atom stereocenters. The summed E-state index contributed by atoms with van der Waals surface area (Å²) in [7, 11) is 0. The van der Waals surface area contributed by atoms with Crippen LogP contribution in [0.3, 0.4) is 0 Å². The van der Waals surface area contributed by atoms with Crippen molar-refractivity contribution in [3.8, 4) is 22.3 Å². The molecule has 0 radical (unpaired) electrons. The van der Waals surface area contributed by atoms with Crippen molar-refractivity contribution in [2.75, 3.05) is 18.4 Å². The molecule has 5 rings (SSSR count). The van der Waals surface area contributed by atoms with Crippen LogP contribution in [0.25, 0.3) is 22.3 Å². The van der Waals surface area contributed by atoms with Crippen molar-refractivity contribution < 1.29 is 14.3 Å². The summed E-state index contributed by atoms with van der Waals surface area (Å²) in [6, 6.07) is 23.8. The van der Waals surface area contributed by atoms with Gasteiger partial charge in [0.25, 0.3) is 5.91 Å². The number of nitrogens with zero attached hydrogens (tertiary/aromatic N) is 3.